The minimum absolute atomic E-state index is 0.112. The van der Waals surface area contributed by atoms with E-state index in [0.717, 1.165) is 24.1 Å². The van der Waals surface area contributed by atoms with Gasteiger partial charge in [0.1, 0.15) is 0 Å². The number of nitrogens with zero attached hydrogens (tertiary/aromatic N) is 1. The molecule has 1 heterocycles. The molecule has 3 rings (SSSR count). The summed E-state index contributed by atoms with van der Waals surface area (Å²) in [5.41, 5.74) is 3.29. The largest absolute Gasteiger partial charge is 0.392 e. The normalized spacial score (nSPS) is 18.9. The molecule has 2 atom stereocenters. The second kappa shape index (κ2) is 5.72. The lowest BCUT2D eigenvalue weighted by Gasteiger charge is -2.18. The average molecular weight is 308 g/mol. The first-order chi connectivity index (χ1) is 9.65. The topological polar surface area (TPSA) is 33.1 Å². The molecule has 0 saturated carbocycles. The van der Waals surface area contributed by atoms with E-state index in [0.29, 0.717) is 16.5 Å². The van der Waals surface area contributed by atoms with Gasteiger partial charge in [-0.3, -0.25) is 4.98 Å². The van der Waals surface area contributed by atoms with Gasteiger partial charge in [0.2, 0.25) is 0 Å². The van der Waals surface area contributed by atoms with Crippen molar-refractivity contribution in [2.24, 2.45) is 0 Å². The molecular formula is C16H15Cl2NO. The fourth-order valence-electron chi connectivity index (χ4n) is 2.87. The van der Waals surface area contributed by atoms with Crippen LogP contribution in [0.2, 0.25) is 10.0 Å². The van der Waals surface area contributed by atoms with Gasteiger partial charge in [-0.1, -0.05) is 35.3 Å². The first-order valence-electron chi connectivity index (χ1n) is 6.71. The van der Waals surface area contributed by atoms with Crippen molar-refractivity contribution >= 4 is 23.2 Å². The summed E-state index contributed by atoms with van der Waals surface area (Å²) < 4.78 is 0. The number of aromatic nitrogens is 1. The third-order valence-electron chi connectivity index (χ3n) is 3.90. The Bertz CT molecular complexity index is 630. The van der Waals surface area contributed by atoms with Crippen molar-refractivity contribution in [2.45, 2.75) is 31.3 Å². The summed E-state index contributed by atoms with van der Waals surface area (Å²) >= 11 is 11.9. The Labute approximate surface area is 128 Å². The zero-order valence-electron chi connectivity index (χ0n) is 10.9. The zero-order valence-corrected chi connectivity index (χ0v) is 12.4. The van der Waals surface area contributed by atoms with Gasteiger partial charge in [0.05, 0.1) is 16.1 Å². The van der Waals surface area contributed by atoms with Crippen LogP contribution in [0.4, 0.5) is 0 Å². The van der Waals surface area contributed by atoms with Gasteiger partial charge in [-0.15, -0.1) is 0 Å². The molecule has 1 aromatic carbocycles. The summed E-state index contributed by atoms with van der Waals surface area (Å²) in [6.45, 7) is 0. The first-order valence-corrected chi connectivity index (χ1v) is 7.46. The van der Waals surface area contributed by atoms with Crippen LogP contribution in [-0.4, -0.2) is 16.2 Å². The standard InChI is InChI=1S/C16H15Cl2NO/c17-13-6-3-10(8-14(13)18)9-15(20)12-5-4-11-2-1-7-19-16(11)12/h1-3,6-8,12,15,20H,4-5,9H2. The maximum Gasteiger partial charge on any atom is 0.0664 e. The predicted molar refractivity (Wildman–Crippen MR) is 81.5 cm³/mol. The average Bonchev–Trinajstić information content (AvgIpc) is 2.87. The molecule has 4 heteroatoms. The number of fused-ring (bicyclic) bond motifs is 1. The van der Waals surface area contributed by atoms with Crippen molar-refractivity contribution in [3.05, 3.63) is 63.4 Å². The molecule has 0 bridgehead atoms. The highest BCUT2D eigenvalue weighted by molar-refractivity contribution is 6.42. The van der Waals surface area contributed by atoms with E-state index >= 15 is 0 Å². The number of halogens is 2. The molecule has 0 fully saturated rings. The fourth-order valence-corrected chi connectivity index (χ4v) is 3.19. The van der Waals surface area contributed by atoms with Crippen LogP contribution in [0, 0.1) is 0 Å². The van der Waals surface area contributed by atoms with Crippen LogP contribution in [0.15, 0.2) is 36.5 Å². The molecule has 1 aromatic heterocycles. The third kappa shape index (κ3) is 2.69. The number of hydrogen-bond donors (Lipinski definition) is 1. The SMILES string of the molecule is OC(Cc1ccc(Cl)c(Cl)c1)C1CCc2cccnc21. The van der Waals surface area contributed by atoms with Crippen molar-refractivity contribution < 1.29 is 5.11 Å². The van der Waals surface area contributed by atoms with Gasteiger partial charge in [0, 0.05) is 17.8 Å². The fraction of sp³-hybridized carbons (Fsp3) is 0.312. The molecule has 0 spiro atoms. The summed E-state index contributed by atoms with van der Waals surface area (Å²) in [5, 5.41) is 11.6. The molecule has 2 nitrogen and oxygen atoms in total. The van der Waals surface area contributed by atoms with Crippen molar-refractivity contribution in [3.8, 4) is 0 Å². The number of aliphatic hydroxyl groups is 1. The van der Waals surface area contributed by atoms with Gasteiger partial charge in [0.25, 0.3) is 0 Å². The molecule has 1 N–H and O–H groups in total. The van der Waals surface area contributed by atoms with Gasteiger partial charge in [0.15, 0.2) is 0 Å². The Kier molecular flexibility index (Phi) is 3.97. The maximum absolute atomic E-state index is 10.5. The second-order valence-electron chi connectivity index (χ2n) is 5.21. The first kappa shape index (κ1) is 13.9. The quantitative estimate of drug-likeness (QED) is 0.929. The van der Waals surface area contributed by atoms with Gasteiger partial charge in [-0.05, 0) is 48.6 Å². The lowest BCUT2D eigenvalue weighted by Crippen LogP contribution is -2.20. The lowest BCUT2D eigenvalue weighted by atomic mass is 9.94. The van der Waals surface area contributed by atoms with E-state index in [2.05, 4.69) is 11.1 Å². The van der Waals surface area contributed by atoms with Gasteiger partial charge in [-0.25, -0.2) is 0 Å². The van der Waals surface area contributed by atoms with Crippen LogP contribution in [-0.2, 0) is 12.8 Å². The van der Waals surface area contributed by atoms with Crippen molar-refractivity contribution in [1.82, 2.24) is 4.98 Å². The number of aliphatic hydroxyl groups excluding tert-OH is 1. The minimum Gasteiger partial charge on any atom is -0.392 e. The molecular weight excluding hydrogens is 293 g/mol. The molecule has 0 radical (unpaired) electrons. The van der Waals surface area contributed by atoms with E-state index < -0.39 is 6.10 Å². The maximum atomic E-state index is 10.5. The molecule has 1 aliphatic carbocycles. The van der Waals surface area contributed by atoms with E-state index in [1.54, 1.807) is 12.3 Å². The highest BCUT2D eigenvalue weighted by atomic mass is 35.5. The summed E-state index contributed by atoms with van der Waals surface area (Å²) in [7, 11) is 0. The van der Waals surface area contributed by atoms with Crippen LogP contribution >= 0.6 is 23.2 Å². The van der Waals surface area contributed by atoms with E-state index in [4.69, 9.17) is 23.2 Å². The highest BCUT2D eigenvalue weighted by Crippen LogP contribution is 2.35. The summed E-state index contributed by atoms with van der Waals surface area (Å²) in [5.74, 6) is 0.112. The Morgan fingerprint density at radius 3 is 2.90 bits per heavy atom. The minimum atomic E-state index is -0.441. The molecule has 20 heavy (non-hydrogen) atoms. The second-order valence-corrected chi connectivity index (χ2v) is 6.03. The van der Waals surface area contributed by atoms with Gasteiger partial charge in [-0.2, -0.15) is 0 Å². The number of aryl methyl sites for hydroxylation is 1. The van der Waals surface area contributed by atoms with Crippen molar-refractivity contribution in [1.29, 1.82) is 0 Å². The molecule has 104 valence electrons. The Morgan fingerprint density at radius 1 is 1.25 bits per heavy atom. The zero-order chi connectivity index (χ0) is 14.1. The number of rotatable bonds is 3. The Balaban J connectivity index is 1.77. The van der Waals surface area contributed by atoms with E-state index in [9.17, 15) is 5.11 Å². The molecule has 0 amide bonds. The number of hydrogen-bond acceptors (Lipinski definition) is 2. The van der Waals surface area contributed by atoms with E-state index in [1.165, 1.54) is 5.56 Å². The van der Waals surface area contributed by atoms with Gasteiger partial charge < -0.3 is 5.11 Å². The van der Waals surface area contributed by atoms with Crippen LogP contribution in [0.3, 0.4) is 0 Å². The molecule has 2 unspecified atom stereocenters. The summed E-state index contributed by atoms with van der Waals surface area (Å²) in [6.07, 6.45) is 3.87. The smallest absolute Gasteiger partial charge is 0.0664 e. The number of benzene rings is 1. The molecule has 2 aromatic rings. The number of pyridine rings is 1. The summed E-state index contributed by atoms with van der Waals surface area (Å²) in [6, 6.07) is 9.54. The van der Waals surface area contributed by atoms with E-state index in [-0.39, 0.29) is 5.92 Å². The Hall–Kier alpha value is -1.09. The molecule has 0 saturated heterocycles. The van der Waals surface area contributed by atoms with Crippen LogP contribution < -0.4 is 0 Å². The third-order valence-corrected chi connectivity index (χ3v) is 4.63. The highest BCUT2D eigenvalue weighted by Gasteiger charge is 2.29. The summed E-state index contributed by atoms with van der Waals surface area (Å²) in [4.78, 5) is 4.43. The van der Waals surface area contributed by atoms with Crippen molar-refractivity contribution in [3.63, 3.8) is 0 Å². The predicted octanol–water partition coefficient (Wildman–Crippen LogP) is 4.02. The molecule has 0 aliphatic heterocycles. The molecule has 1 aliphatic rings. The van der Waals surface area contributed by atoms with Crippen molar-refractivity contribution in [2.75, 3.05) is 0 Å². The van der Waals surface area contributed by atoms with Crippen LogP contribution in [0.1, 0.15) is 29.2 Å². The Morgan fingerprint density at radius 2 is 2.10 bits per heavy atom. The lowest BCUT2D eigenvalue weighted by molar-refractivity contribution is 0.141. The van der Waals surface area contributed by atoms with Gasteiger partial charge >= 0.3 is 0 Å². The van der Waals surface area contributed by atoms with E-state index in [1.807, 2.05) is 18.2 Å². The van der Waals surface area contributed by atoms with Crippen LogP contribution in [0.25, 0.3) is 0 Å². The monoisotopic (exact) mass is 307 g/mol. The van der Waals surface area contributed by atoms with Crippen LogP contribution in [0.5, 0.6) is 0 Å².